The average Bonchev–Trinajstić information content (AvgIpc) is 3.09. The number of furan rings is 1. The van der Waals surface area contributed by atoms with Gasteiger partial charge < -0.3 is 9.15 Å². The van der Waals surface area contributed by atoms with Gasteiger partial charge in [0.1, 0.15) is 16.5 Å². The van der Waals surface area contributed by atoms with E-state index in [9.17, 15) is 22.0 Å². The van der Waals surface area contributed by atoms with Crippen LogP contribution in [0.2, 0.25) is 0 Å². The summed E-state index contributed by atoms with van der Waals surface area (Å²) in [7, 11) is -2.79. The molecule has 0 bridgehead atoms. The summed E-state index contributed by atoms with van der Waals surface area (Å²) in [6, 6.07) is 4.06. The highest BCUT2D eigenvalue weighted by Crippen LogP contribution is 2.22. The Morgan fingerprint density at radius 1 is 1.19 bits per heavy atom. The lowest BCUT2D eigenvalue weighted by Crippen LogP contribution is -2.48. The Morgan fingerprint density at radius 3 is 2.52 bits per heavy atom. The number of ether oxygens (including phenoxy) is 1. The van der Waals surface area contributed by atoms with Crippen molar-refractivity contribution in [2.75, 3.05) is 33.3 Å². The molecule has 0 aliphatic carbocycles. The molecule has 1 fully saturated rings. The van der Waals surface area contributed by atoms with Gasteiger partial charge in [0.05, 0.1) is 13.4 Å². The van der Waals surface area contributed by atoms with Crippen LogP contribution in [-0.2, 0) is 21.3 Å². The lowest BCUT2D eigenvalue weighted by atomic mass is 10.2. The molecule has 0 radical (unpaired) electrons. The van der Waals surface area contributed by atoms with Crippen molar-refractivity contribution in [3.8, 4) is 0 Å². The highest BCUT2D eigenvalue weighted by Gasteiger charge is 2.31. The van der Waals surface area contributed by atoms with E-state index in [1.54, 1.807) is 6.07 Å². The lowest BCUT2D eigenvalue weighted by Gasteiger charge is -2.33. The molecule has 2 heterocycles. The van der Waals surface area contributed by atoms with E-state index >= 15 is 0 Å². The number of rotatable bonds is 5. The summed E-state index contributed by atoms with van der Waals surface area (Å²) in [6.07, 6.45) is 1.39. The third-order valence-corrected chi connectivity index (χ3v) is 6.29. The first kappa shape index (κ1) is 19.5. The van der Waals surface area contributed by atoms with Crippen LogP contribution in [0.4, 0.5) is 8.78 Å². The molecule has 0 amide bonds. The van der Waals surface area contributed by atoms with Gasteiger partial charge in [-0.05, 0) is 18.2 Å². The van der Waals surface area contributed by atoms with Crippen LogP contribution < -0.4 is 0 Å². The van der Waals surface area contributed by atoms with E-state index in [4.69, 9.17) is 4.42 Å². The molecule has 2 aromatic rings. The molecule has 1 aliphatic rings. The molecule has 0 N–H and O–H groups in total. The summed E-state index contributed by atoms with van der Waals surface area (Å²) in [6.45, 7) is 1.44. The van der Waals surface area contributed by atoms with Gasteiger partial charge in [-0.1, -0.05) is 0 Å². The second-order valence-electron chi connectivity index (χ2n) is 6.02. The minimum atomic E-state index is -4.05. The number of carbonyl (C=O) groups excluding carboxylic acids is 1. The topological polar surface area (TPSA) is 80.1 Å². The second kappa shape index (κ2) is 7.75. The van der Waals surface area contributed by atoms with Crippen molar-refractivity contribution in [2.45, 2.75) is 11.4 Å². The number of sulfonamides is 1. The number of hydrogen-bond acceptors (Lipinski definition) is 6. The van der Waals surface area contributed by atoms with E-state index in [0.29, 0.717) is 31.3 Å². The zero-order valence-corrected chi connectivity index (χ0v) is 15.3. The van der Waals surface area contributed by atoms with Crippen molar-refractivity contribution < 1.29 is 31.1 Å². The molecule has 10 heteroatoms. The number of esters is 1. The first-order chi connectivity index (χ1) is 12.8. The number of halogens is 2. The first-order valence-electron chi connectivity index (χ1n) is 8.15. The summed E-state index contributed by atoms with van der Waals surface area (Å²) in [5, 5.41) is 0. The number of methoxy groups -OCH3 is 1. The van der Waals surface area contributed by atoms with Crippen LogP contribution in [0.1, 0.15) is 16.1 Å². The number of nitrogens with zero attached hydrogens (tertiary/aromatic N) is 2. The summed E-state index contributed by atoms with van der Waals surface area (Å²) in [5.41, 5.74) is 0.641. The molecule has 146 valence electrons. The molecule has 0 unspecified atom stereocenters. The van der Waals surface area contributed by atoms with Crippen LogP contribution in [0.3, 0.4) is 0 Å². The Kier molecular flexibility index (Phi) is 5.59. The first-order valence-corrected chi connectivity index (χ1v) is 9.59. The Labute approximate surface area is 155 Å². The summed E-state index contributed by atoms with van der Waals surface area (Å²) in [5.74, 6) is -2.42. The van der Waals surface area contributed by atoms with Crippen LogP contribution in [-0.4, -0.2) is 56.9 Å². The quantitative estimate of drug-likeness (QED) is 0.713. The van der Waals surface area contributed by atoms with E-state index in [1.807, 2.05) is 4.90 Å². The van der Waals surface area contributed by atoms with Gasteiger partial charge in [-0.25, -0.2) is 22.0 Å². The number of hydrogen-bond donors (Lipinski definition) is 0. The summed E-state index contributed by atoms with van der Waals surface area (Å²) < 4.78 is 63.0. The second-order valence-corrected chi connectivity index (χ2v) is 7.93. The fourth-order valence-corrected chi connectivity index (χ4v) is 4.39. The van der Waals surface area contributed by atoms with Crippen molar-refractivity contribution >= 4 is 16.0 Å². The van der Waals surface area contributed by atoms with Crippen LogP contribution in [0.15, 0.2) is 39.8 Å². The maximum Gasteiger partial charge on any atom is 0.374 e. The van der Waals surface area contributed by atoms with Gasteiger partial charge in [-0.3, -0.25) is 4.90 Å². The van der Waals surface area contributed by atoms with Crippen molar-refractivity contribution in [1.29, 1.82) is 0 Å². The molecule has 1 saturated heterocycles. The predicted octanol–water partition coefficient (Wildman–Crippen LogP) is 1.85. The molecule has 7 nitrogen and oxygen atoms in total. The van der Waals surface area contributed by atoms with Crippen molar-refractivity contribution in [3.63, 3.8) is 0 Å². The van der Waals surface area contributed by atoms with Crippen LogP contribution in [0, 0.1) is 11.6 Å². The summed E-state index contributed by atoms with van der Waals surface area (Å²) >= 11 is 0. The highest BCUT2D eigenvalue weighted by molar-refractivity contribution is 7.89. The predicted molar refractivity (Wildman–Crippen MR) is 90.4 cm³/mol. The molecule has 1 aromatic heterocycles. The fourth-order valence-electron chi connectivity index (χ4n) is 2.92. The van der Waals surface area contributed by atoms with Gasteiger partial charge >= 0.3 is 5.97 Å². The monoisotopic (exact) mass is 400 g/mol. The van der Waals surface area contributed by atoms with Gasteiger partial charge in [0, 0.05) is 44.4 Å². The van der Waals surface area contributed by atoms with E-state index in [-0.39, 0.29) is 18.8 Å². The van der Waals surface area contributed by atoms with E-state index in [0.717, 1.165) is 16.4 Å². The fraction of sp³-hybridized carbons (Fsp3) is 0.353. The minimum absolute atomic E-state index is 0.112. The molecule has 1 aliphatic heterocycles. The third-order valence-electron chi connectivity index (χ3n) is 4.35. The molecular weight excluding hydrogens is 382 g/mol. The van der Waals surface area contributed by atoms with Gasteiger partial charge in [-0.15, -0.1) is 0 Å². The summed E-state index contributed by atoms with van der Waals surface area (Å²) in [4.78, 5) is 13.1. The molecule has 0 spiro atoms. The third kappa shape index (κ3) is 4.02. The molecule has 27 heavy (non-hydrogen) atoms. The van der Waals surface area contributed by atoms with Gasteiger partial charge in [0.25, 0.3) is 0 Å². The molecule has 0 saturated carbocycles. The lowest BCUT2D eigenvalue weighted by molar-refractivity contribution is 0.0561. The maximum atomic E-state index is 13.9. The van der Waals surface area contributed by atoms with E-state index < -0.39 is 32.5 Å². The number of carbonyl (C=O) groups is 1. The van der Waals surface area contributed by atoms with Crippen LogP contribution >= 0.6 is 0 Å². The van der Waals surface area contributed by atoms with Crippen molar-refractivity contribution in [1.82, 2.24) is 9.21 Å². The van der Waals surface area contributed by atoms with Gasteiger partial charge in [-0.2, -0.15) is 4.31 Å². The Morgan fingerprint density at radius 2 is 1.89 bits per heavy atom. The zero-order chi connectivity index (χ0) is 19.6. The Bertz CT molecular complexity index is 937. The van der Waals surface area contributed by atoms with Crippen LogP contribution in [0.5, 0.6) is 0 Å². The van der Waals surface area contributed by atoms with Gasteiger partial charge in [0.2, 0.25) is 15.8 Å². The van der Waals surface area contributed by atoms with E-state index in [1.165, 1.54) is 13.4 Å². The van der Waals surface area contributed by atoms with Crippen molar-refractivity contribution in [3.05, 3.63) is 53.5 Å². The average molecular weight is 400 g/mol. The SMILES string of the molecule is COC(=O)c1occc1CN1CCN(S(=O)(=O)c2ccc(F)cc2F)CC1. The Hall–Kier alpha value is -2.30. The van der Waals surface area contributed by atoms with Crippen LogP contribution in [0.25, 0.3) is 0 Å². The molecule has 3 rings (SSSR count). The zero-order valence-electron chi connectivity index (χ0n) is 14.5. The Balaban J connectivity index is 1.67. The minimum Gasteiger partial charge on any atom is -0.463 e. The standard InChI is InChI=1S/C17H18F2N2O5S/c1-25-17(22)16-12(4-9-26-16)11-20-5-7-21(8-6-20)27(23,24)15-3-2-13(18)10-14(15)19/h2-4,9-10H,5-8,11H2,1H3. The molecular formula is C17H18F2N2O5S. The van der Waals surface area contributed by atoms with E-state index in [2.05, 4.69) is 4.74 Å². The highest BCUT2D eigenvalue weighted by atomic mass is 32.2. The molecule has 1 aromatic carbocycles. The largest absolute Gasteiger partial charge is 0.463 e. The smallest absolute Gasteiger partial charge is 0.374 e. The number of piperazine rings is 1. The van der Waals surface area contributed by atoms with Crippen molar-refractivity contribution in [2.24, 2.45) is 0 Å². The number of benzene rings is 1. The van der Waals surface area contributed by atoms with Gasteiger partial charge in [0.15, 0.2) is 0 Å². The maximum absolute atomic E-state index is 13.9. The normalized spacial score (nSPS) is 16.4. The molecule has 0 atom stereocenters.